The molecular formula is C24H23N3O3S. The van der Waals surface area contributed by atoms with Crippen molar-refractivity contribution >= 4 is 46.0 Å². The maximum absolute atomic E-state index is 12.6. The molecule has 0 fully saturated rings. The van der Waals surface area contributed by atoms with Crippen molar-refractivity contribution in [3.05, 3.63) is 73.2 Å². The number of aliphatic imine (C=N–C) groups is 1. The van der Waals surface area contributed by atoms with Gasteiger partial charge in [0.2, 0.25) is 11.8 Å². The molecule has 3 aromatic rings. The average Bonchev–Trinajstić information content (AvgIpc) is 3.15. The number of carbonyl (C=O) groups is 1. The number of rotatable bonds is 4. The third-order valence-corrected chi connectivity index (χ3v) is 6.25. The van der Waals surface area contributed by atoms with E-state index >= 15 is 0 Å². The second-order valence-electron chi connectivity index (χ2n) is 7.73. The Morgan fingerprint density at radius 2 is 1.87 bits per heavy atom. The van der Waals surface area contributed by atoms with E-state index in [9.17, 15) is 14.7 Å². The normalized spacial score (nSPS) is 13.9. The van der Waals surface area contributed by atoms with Crippen LogP contribution in [0.5, 0.6) is 5.88 Å². The average molecular weight is 434 g/mol. The van der Waals surface area contributed by atoms with Gasteiger partial charge in [-0.25, -0.2) is 0 Å². The monoisotopic (exact) mass is 433 g/mol. The van der Waals surface area contributed by atoms with E-state index < -0.39 is 4.87 Å². The lowest BCUT2D eigenvalue weighted by molar-refractivity contribution is -0.116. The molecule has 31 heavy (non-hydrogen) atoms. The van der Waals surface area contributed by atoms with Crippen LogP contribution in [0.1, 0.15) is 34.1 Å². The van der Waals surface area contributed by atoms with E-state index in [0.717, 1.165) is 60.8 Å². The fraction of sp³-hybridized carbons (Fsp3) is 0.208. The van der Waals surface area contributed by atoms with Crippen molar-refractivity contribution in [2.24, 2.45) is 4.99 Å². The first-order chi connectivity index (χ1) is 14.7. The molecule has 2 aromatic carbocycles. The second kappa shape index (κ2) is 8.00. The summed E-state index contributed by atoms with van der Waals surface area (Å²) in [4.78, 5) is 29.7. The predicted molar refractivity (Wildman–Crippen MR) is 127 cm³/mol. The van der Waals surface area contributed by atoms with Crippen LogP contribution in [0.15, 0.2) is 46.2 Å². The van der Waals surface area contributed by atoms with Crippen LogP contribution in [0.4, 0.5) is 11.4 Å². The number of hydrogen-bond acceptors (Lipinski definition) is 5. The number of thiazole rings is 1. The van der Waals surface area contributed by atoms with Gasteiger partial charge < -0.3 is 10.4 Å². The first-order valence-corrected chi connectivity index (χ1v) is 10.7. The van der Waals surface area contributed by atoms with Crippen molar-refractivity contribution in [3.63, 3.8) is 0 Å². The number of nitrogens with one attached hydrogen (secondary N) is 1. The molecule has 0 radical (unpaired) electrons. The van der Waals surface area contributed by atoms with Crippen molar-refractivity contribution in [3.8, 4) is 5.88 Å². The number of anilines is 1. The molecule has 0 spiro atoms. The lowest BCUT2D eigenvalue weighted by atomic mass is 10.0. The number of benzene rings is 2. The summed E-state index contributed by atoms with van der Waals surface area (Å²) in [5, 5.41) is 13.5. The molecule has 2 N–H and O–H groups in total. The smallest absolute Gasteiger partial charge is 0.311 e. The highest BCUT2D eigenvalue weighted by Gasteiger charge is 2.21. The summed E-state index contributed by atoms with van der Waals surface area (Å²) in [6.07, 6.45) is 1.77. The molecule has 0 aliphatic carbocycles. The number of aromatic hydroxyl groups is 1. The predicted octanol–water partition coefficient (Wildman–Crippen LogP) is 4.83. The van der Waals surface area contributed by atoms with Gasteiger partial charge in [0.1, 0.15) is 6.54 Å². The minimum Gasteiger partial charge on any atom is -0.493 e. The quantitative estimate of drug-likeness (QED) is 0.618. The lowest BCUT2D eigenvalue weighted by Gasteiger charge is -2.11. The summed E-state index contributed by atoms with van der Waals surface area (Å²) >= 11 is 0.909. The molecule has 1 aliphatic heterocycles. The van der Waals surface area contributed by atoms with E-state index in [1.54, 1.807) is 6.08 Å². The molecule has 0 atom stereocenters. The topological polar surface area (TPSA) is 83.7 Å². The zero-order valence-corrected chi connectivity index (χ0v) is 18.6. The first-order valence-electron chi connectivity index (χ1n) is 9.91. The van der Waals surface area contributed by atoms with E-state index in [2.05, 4.69) is 10.3 Å². The zero-order chi connectivity index (χ0) is 22.3. The second-order valence-corrected chi connectivity index (χ2v) is 8.73. The maximum atomic E-state index is 12.6. The minimum absolute atomic E-state index is 0.215. The zero-order valence-electron chi connectivity index (χ0n) is 17.8. The number of nitrogens with zero attached hydrogens (tertiary/aromatic N) is 2. The van der Waals surface area contributed by atoms with Gasteiger partial charge in [-0.2, -0.15) is 0 Å². The van der Waals surface area contributed by atoms with Crippen LogP contribution in [0.25, 0.3) is 11.6 Å². The van der Waals surface area contributed by atoms with Crippen molar-refractivity contribution in [1.29, 1.82) is 0 Å². The lowest BCUT2D eigenvalue weighted by Crippen LogP contribution is -2.24. The van der Waals surface area contributed by atoms with Gasteiger partial charge in [0, 0.05) is 22.5 Å². The Kier molecular flexibility index (Phi) is 5.37. The minimum atomic E-state index is -0.391. The van der Waals surface area contributed by atoms with Crippen LogP contribution in [0.3, 0.4) is 0 Å². The standard InChI is InChI=1S/C24H23N3O3S/c1-13-8-9-19-18(10-13)17(16(4)25-19)11-20-23(29)27(24(30)31-20)12-21(28)26-22-14(2)6-5-7-15(22)3/h5-11,29H,12H2,1-4H3,(H,26,28)/b17-11-. The van der Waals surface area contributed by atoms with Crippen molar-refractivity contribution < 1.29 is 9.90 Å². The Morgan fingerprint density at radius 3 is 2.58 bits per heavy atom. The van der Waals surface area contributed by atoms with Crippen LogP contribution in [0, 0.1) is 20.8 Å². The van der Waals surface area contributed by atoms with Gasteiger partial charge in [0.25, 0.3) is 0 Å². The highest BCUT2D eigenvalue weighted by molar-refractivity contribution is 7.10. The largest absolute Gasteiger partial charge is 0.493 e. The van der Waals surface area contributed by atoms with E-state index in [1.807, 2.05) is 64.1 Å². The Balaban J connectivity index is 1.63. The summed E-state index contributed by atoms with van der Waals surface area (Å²) < 4.78 is 1.10. The molecule has 0 saturated carbocycles. The van der Waals surface area contributed by atoms with Crippen molar-refractivity contribution in [2.45, 2.75) is 34.2 Å². The molecule has 1 amide bonds. The molecule has 0 saturated heterocycles. The molecule has 1 aromatic heterocycles. The van der Waals surface area contributed by atoms with Gasteiger partial charge in [-0.3, -0.25) is 19.1 Å². The molecule has 0 bridgehead atoms. The summed E-state index contributed by atoms with van der Waals surface area (Å²) in [7, 11) is 0. The number of carbonyl (C=O) groups excluding carboxylic acids is 1. The molecular weight excluding hydrogens is 410 g/mol. The SMILES string of the molecule is CC1=Nc2ccc(C)cc2/C1=C\c1sc(=O)n(CC(=O)Nc2c(C)cccc2C)c1O. The van der Waals surface area contributed by atoms with Crippen molar-refractivity contribution in [2.75, 3.05) is 5.32 Å². The molecule has 2 heterocycles. The highest BCUT2D eigenvalue weighted by atomic mass is 32.1. The number of aryl methyl sites for hydroxylation is 3. The summed E-state index contributed by atoms with van der Waals surface area (Å²) in [5.41, 5.74) is 7.22. The van der Waals surface area contributed by atoms with Crippen LogP contribution >= 0.6 is 11.3 Å². The van der Waals surface area contributed by atoms with Gasteiger partial charge in [-0.15, -0.1) is 0 Å². The fourth-order valence-electron chi connectivity index (χ4n) is 3.69. The van der Waals surface area contributed by atoms with Crippen LogP contribution in [-0.4, -0.2) is 21.3 Å². The number of amides is 1. The van der Waals surface area contributed by atoms with Crippen LogP contribution < -0.4 is 10.2 Å². The third-order valence-electron chi connectivity index (χ3n) is 5.34. The number of allylic oxidation sites excluding steroid dienone is 1. The Labute approximate surface area is 184 Å². The fourth-order valence-corrected chi connectivity index (χ4v) is 4.52. The molecule has 158 valence electrons. The molecule has 7 heteroatoms. The van der Waals surface area contributed by atoms with Gasteiger partial charge in [0.15, 0.2) is 0 Å². The summed E-state index contributed by atoms with van der Waals surface area (Å²) in [5.74, 6) is -0.584. The number of aromatic nitrogens is 1. The maximum Gasteiger partial charge on any atom is 0.311 e. The van der Waals surface area contributed by atoms with Gasteiger partial charge >= 0.3 is 4.87 Å². The van der Waals surface area contributed by atoms with Crippen LogP contribution in [0.2, 0.25) is 0 Å². The molecule has 0 unspecified atom stereocenters. The van der Waals surface area contributed by atoms with Gasteiger partial charge in [-0.05, 0) is 57.0 Å². The Morgan fingerprint density at radius 1 is 1.16 bits per heavy atom. The Hall–Kier alpha value is -3.45. The van der Waals surface area contributed by atoms with Crippen molar-refractivity contribution in [1.82, 2.24) is 4.57 Å². The summed E-state index contributed by atoms with van der Waals surface area (Å²) in [6.45, 7) is 7.46. The first kappa shape index (κ1) is 20.8. The van der Waals surface area contributed by atoms with Gasteiger partial charge in [0.05, 0.1) is 10.6 Å². The number of para-hydroxylation sites is 1. The molecule has 4 rings (SSSR count). The Bertz CT molecular complexity index is 1310. The molecule has 6 nitrogen and oxygen atoms in total. The number of fused-ring (bicyclic) bond motifs is 1. The third kappa shape index (κ3) is 3.96. The number of hydrogen-bond donors (Lipinski definition) is 2. The van der Waals surface area contributed by atoms with E-state index in [1.165, 1.54) is 0 Å². The van der Waals surface area contributed by atoms with Gasteiger partial charge in [-0.1, -0.05) is 41.2 Å². The molecule has 1 aliphatic rings. The van der Waals surface area contributed by atoms with Crippen LogP contribution in [-0.2, 0) is 11.3 Å². The van der Waals surface area contributed by atoms with E-state index in [-0.39, 0.29) is 18.3 Å². The highest BCUT2D eigenvalue weighted by Crippen LogP contribution is 2.38. The van der Waals surface area contributed by atoms with E-state index in [4.69, 9.17) is 0 Å². The summed E-state index contributed by atoms with van der Waals surface area (Å²) in [6, 6.07) is 11.7. The van der Waals surface area contributed by atoms with E-state index in [0.29, 0.717) is 4.88 Å².